The molecular weight excluding hydrogens is 189 g/mol. The van der Waals surface area contributed by atoms with Gasteiger partial charge < -0.3 is 4.42 Å². The predicted octanol–water partition coefficient (Wildman–Crippen LogP) is 2.77. The van der Waals surface area contributed by atoms with Gasteiger partial charge in [0, 0.05) is 6.42 Å². The monoisotopic (exact) mass is 196 g/mol. The number of aryl methyl sites for hydroxylation is 1. The molecule has 0 saturated heterocycles. The topological polar surface area (TPSA) is 13.1 Å². The van der Waals surface area contributed by atoms with Crippen LogP contribution in [0, 0.1) is 0 Å². The van der Waals surface area contributed by atoms with Gasteiger partial charge in [0.05, 0.1) is 0 Å². The lowest BCUT2D eigenvalue weighted by molar-refractivity contribution is -0.153. The van der Waals surface area contributed by atoms with Crippen LogP contribution < -0.4 is 0 Å². The number of thiol groups is 1. The van der Waals surface area contributed by atoms with E-state index in [-0.39, 0.29) is 0 Å². The quantitative estimate of drug-likeness (QED) is 0.718. The van der Waals surface area contributed by atoms with Gasteiger partial charge >= 0.3 is 6.18 Å². The summed E-state index contributed by atoms with van der Waals surface area (Å²) >= 11 is 3.87. The molecule has 0 aliphatic rings. The molecule has 1 nitrogen and oxygen atoms in total. The third kappa shape index (κ3) is 2.20. The van der Waals surface area contributed by atoms with Crippen LogP contribution in [0.25, 0.3) is 0 Å². The van der Waals surface area contributed by atoms with Crippen molar-refractivity contribution in [1.82, 2.24) is 0 Å². The first-order valence-electron chi connectivity index (χ1n) is 3.31. The first-order chi connectivity index (χ1) is 5.54. The average Bonchev–Trinajstić information content (AvgIpc) is 2.35. The maximum atomic E-state index is 11.9. The van der Waals surface area contributed by atoms with Gasteiger partial charge in [-0.1, -0.05) is 0 Å². The van der Waals surface area contributed by atoms with Gasteiger partial charge in [-0.15, -0.1) is 0 Å². The zero-order chi connectivity index (χ0) is 9.19. The molecule has 0 aromatic carbocycles. The van der Waals surface area contributed by atoms with Gasteiger partial charge in [0.1, 0.15) is 5.76 Å². The molecule has 0 aliphatic heterocycles. The second-order valence-electron chi connectivity index (χ2n) is 2.24. The molecule has 0 spiro atoms. The first-order valence-corrected chi connectivity index (χ1v) is 3.94. The minimum Gasteiger partial charge on any atom is -0.456 e. The Balaban J connectivity index is 2.77. The molecule has 0 N–H and O–H groups in total. The highest BCUT2D eigenvalue weighted by Gasteiger charge is 2.34. The summed E-state index contributed by atoms with van der Waals surface area (Å²) in [6.45, 7) is 0. The SMILES string of the molecule is FC(F)(F)c1ccc(CCS)o1. The summed E-state index contributed by atoms with van der Waals surface area (Å²) in [5.74, 6) is -0.151. The maximum absolute atomic E-state index is 11.9. The zero-order valence-corrected chi connectivity index (χ0v) is 6.95. The molecule has 5 heteroatoms. The Bertz CT molecular complexity index is 253. The van der Waals surface area contributed by atoms with Crippen LogP contribution in [-0.4, -0.2) is 5.75 Å². The molecule has 1 aromatic rings. The highest BCUT2D eigenvalue weighted by molar-refractivity contribution is 7.80. The first kappa shape index (κ1) is 9.51. The van der Waals surface area contributed by atoms with Crippen molar-refractivity contribution in [2.75, 3.05) is 5.75 Å². The minimum absolute atomic E-state index is 0.317. The van der Waals surface area contributed by atoms with Gasteiger partial charge in [0.15, 0.2) is 0 Å². The molecule has 0 atom stereocenters. The molecular formula is C7H7F3OS. The summed E-state index contributed by atoms with van der Waals surface area (Å²) in [7, 11) is 0. The zero-order valence-electron chi connectivity index (χ0n) is 6.06. The fourth-order valence-electron chi connectivity index (χ4n) is 0.775. The number of rotatable bonds is 2. The number of furan rings is 1. The maximum Gasteiger partial charge on any atom is 0.449 e. The minimum atomic E-state index is -4.38. The van der Waals surface area contributed by atoms with E-state index in [1.54, 1.807) is 0 Å². The van der Waals surface area contributed by atoms with Gasteiger partial charge in [0.25, 0.3) is 0 Å². The normalized spacial score (nSPS) is 12.0. The number of alkyl halides is 3. The molecule has 0 saturated carbocycles. The van der Waals surface area contributed by atoms with E-state index in [2.05, 4.69) is 17.0 Å². The van der Waals surface area contributed by atoms with E-state index in [0.29, 0.717) is 17.9 Å². The van der Waals surface area contributed by atoms with Crippen LogP contribution in [0.15, 0.2) is 16.5 Å². The third-order valence-corrected chi connectivity index (χ3v) is 1.52. The Hall–Kier alpha value is -0.580. The summed E-state index contributed by atoms with van der Waals surface area (Å²) in [5.41, 5.74) is 0. The van der Waals surface area contributed by atoms with Crippen molar-refractivity contribution >= 4 is 12.6 Å². The second-order valence-corrected chi connectivity index (χ2v) is 2.68. The van der Waals surface area contributed by atoms with Crippen LogP contribution in [-0.2, 0) is 12.6 Å². The van der Waals surface area contributed by atoms with Crippen LogP contribution >= 0.6 is 12.6 Å². The lowest BCUT2D eigenvalue weighted by Gasteiger charge is -2.00. The molecule has 0 radical (unpaired) electrons. The van der Waals surface area contributed by atoms with Crippen molar-refractivity contribution in [2.45, 2.75) is 12.6 Å². The van der Waals surface area contributed by atoms with Gasteiger partial charge in [-0.2, -0.15) is 25.8 Å². The Morgan fingerprint density at radius 1 is 1.33 bits per heavy atom. The number of hydrogen-bond donors (Lipinski definition) is 1. The van der Waals surface area contributed by atoms with E-state index in [1.807, 2.05) is 0 Å². The molecule has 1 rings (SSSR count). The standard InChI is InChI=1S/C7H7F3OS/c8-7(9,10)6-2-1-5(11-6)3-4-12/h1-2,12H,3-4H2. The van der Waals surface area contributed by atoms with E-state index in [9.17, 15) is 13.2 Å². The lowest BCUT2D eigenvalue weighted by atomic mass is 10.3. The fourth-order valence-corrected chi connectivity index (χ4v) is 0.995. The van der Waals surface area contributed by atoms with Crippen molar-refractivity contribution in [3.05, 3.63) is 23.7 Å². The summed E-state index contributed by atoms with van der Waals surface area (Å²) in [6, 6.07) is 2.25. The molecule has 68 valence electrons. The second kappa shape index (κ2) is 3.43. The van der Waals surface area contributed by atoms with Gasteiger partial charge in [-0.3, -0.25) is 0 Å². The molecule has 12 heavy (non-hydrogen) atoms. The Labute approximate surface area is 73.0 Å². The summed E-state index contributed by atoms with van der Waals surface area (Å²) < 4.78 is 40.3. The average molecular weight is 196 g/mol. The van der Waals surface area contributed by atoms with E-state index < -0.39 is 11.9 Å². The largest absolute Gasteiger partial charge is 0.456 e. The van der Waals surface area contributed by atoms with Crippen molar-refractivity contribution in [3.63, 3.8) is 0 Å². The van der Waals surface area contributed by atoms with Crippen molar-refractivity contribution in [2.24, 2.45) is 0 Å². The van der Waals surface area contributed by atoms with E-state index in [4.69, 9.17) is 0 Å². The number of hydrogen-bond acceptors (Lipinski definition) is 2. The molecule has 0 bridgehead atoms. The smallest absolute Gasteiger partial charge is 0.449 e. The Morgan fingerprint density at radius 2 is 2.00 bits per heavy atom. The molecule has 0 unspecified atom stereocenters. The van der Waals surface area contributed by atoms with E-state index in [1.165, 1.54) is 6.07 Å². The van der Waals surface area contributed by atoms with Crippen LogP contribution in [0.3, 0.4) is 0 Å². The van der Waals surface area contributed by atoms with Crippen molar-refractivity contribution < 1.29 is 17.6 Å². The van der Waals surface area contributed by atoms with Crippen molar-refractivity contribution in [1.29, 1.82) is 0 Å². The fraction of sp³-hybridized carbons (Fsp3) is 0.429. The highest BCUT2D eigenvalue weighted by Crippen LogP contribution is 2.30. The Kier molecular flexibility index (Phi) is 2.72. The molecule has 1 aromatic heterocycles. The van der Waals surface area contributed by atoms with Crippen molar-refractivity contribution in [3.8, 4) is 0 Å². The van der Waals surface area contributed by atoms with Crippen LogP contribution in [0.2, 0.25) is 0 Å². The predicted molar refractivity (Wildman–Crippen MR) is 41.3 cm³/mol. The summed E-state index contributed by atoms with van der Waals surface area (Å²) in [4.78, 5) is 0. The Morgan fingerprint density at radius 3 is 2.42 bits per heavy atom. The summed E-state index contributed by atoms with van der Waals surface area (Å²) in [5, 5.41) is 0. The van der Waals surface area contributed by atoms with Crippen LogP contribution in [0.5, 0.6) is 0 Å². The third-order valence-electron chi connectivity index (χ3n) is 1.30. The van der Waals surface area contributed by atoms with Crippen LogP contribution in [0.4, 0.5) is 13.2 Å². The summed E-state index contributed by atoms with van der Waals surface area (Å²) in [6.07, 6.45) is -3.96. The van der Waals surface area contributed by atoms with Gasteiger partial charge in [-0.05, 0) is 17.9 Å². The van der Waals surface area contributed by atoms with Crippen LogP contribution in [0.1, 0.15) is 11.5 Å². The molecule has 0 aliphatic carbocycles. The molecule has 1 heterocycles. The van der Waals surface area contributed by atoms with E-state index >= 15 is 0 Å². The number of halogens is 3. The molecule has 0 amide bonds. The van der Waals surface area contributed by atoms with Gasteiger partial charge in [-0.25, -0.2) is 0 Å². The van der Waals surface area contributed by atoms with Gasteiger partial charge in [0.2, 0.25) is 5.76 Å². The molecule has 0 fully saturated rings. The van der Waals surface area contributed by atoms with E-state index in [0.717, 1.165) is 6.07 Å². The highest BCUT2D eigenvalue weighted by atomic mass is 32.1. The lowest BCUT2D eigenvalue weighted by Crippen LogP contribution is -2.02.